The number of carbonyl (C=O) groups excluding carboxylic acids is 3. The monoisotopic (exact) mass is 893 g/mol. The Hall–Kier alpha value is -5.01. The van der Waals surface area contributed by atoms with Gasteiger partial charge in [0.15, 0.2) is 6.29 Å². The summed E-state index contributed by atoms with van der Waals surface area (Å²) in [7, 11) is 0. The van der Waals surface area contributed by atoms with Crippen LogP contribution in [0.1, 0.15) is 136 Å². The van der Waals surface area contributed by atoms with Crippen LogP contribution < -0.4 is 5.32 Å². The van der Waals surface area contributed by atoms with Gasteiger partial charge >= 0.3 is 12.2 Å². The van der Waals surface area contributed by atoms with Gasteiger partial charge in [0.25, 0.3) is 0 Å². The van der Waals surface area contributed by atoms with E-state index in [1.807, 2.05) is 100 Å². The van der Waals surface area contributed by atoms with Crippen LogP contribution in [0.4, 0.5) is 9.59 Å². The minimum atomic E-state index is -0.437. The molecular weight excluding hydrogens is 817 g/mol. The van der Waals surface area contributed by atoms with Gasteiger partial charge in [0.2, 0.25) is 0 Å². The zero-order valence-corrected chi connectivity index (χ0v) is 40.9. The molecule has 0 bridgehead atoms. The minimum absolute atomic E-state index is 0.154. The van der Waals surface area contributed by atoms with E-state index in [1.54, 1.807) is 6.20 Å². The van der Waals surface area contributed by atoms with Crippen LogP contribution in [0.2, 0.25) is 0 Å². The summed E-state index contributed by atoms with van der Waals surface area (Å²) >= 11 is 0. The first kappa shape index (κ1) is 49.4. The number of hydrogen-bond acceptors (Lipinski definition) is 9. The van der Waals surface area contributed by atoms with E-state index in [9.17, 15) is 14.4 Å². The van der Waals surface area contributed by atoms with Crippen molar-refractivity contribution >= 4 is 18.5 Å². The Balaban J connectivity index is 0.000000178. The highest BCUT2D eigenvalue weighted by Gasteiger charge is 2.42. The number of likely N-dealkylation sites (tertiary alicyclic amines) is 3. The summed E-state index contributed by atoms with van der Waals surface area (Å²) in [5.41, 5.74) is 5.90. The molecule has 0 atom stereocenters. The van der Waals surface area contributed by atoms with E-state index in [0.717, 1.165) is 108 Å². The molecule has 8 rings (SSSR count). The van der Waals surface area contributed by atoms with Crippen molar-refractivity contribution in [2.75, 3.05) is 52.4 Å². The molecule has 2 aromatic carbocycles. The largest absolute Gasteiger partial charge is 0.444 e. The fourth-order valence-electron chi connectivity index (χ4n) is 9.24. The van der Waals surface area contributed by atoms with E-state index in [1.165, 1.54) is 24.0 Å². The van der Waals surface area contributed by atoms with E-state index in [0.29, 0.717) is 22.4 Å². The quantitative estimate of drug-likeness (QED) is 0.180. The highest BCUT2D eigenvalue weighted by atomic mass is 16.6. The van der Waals surface area contributed by atoms with Crippen molar-refractivity contribution < 1.29 is 23.9 Å². The Morgan fingerprint density at radius 3 is 1.58 bits per heavy atom. The van der Waals surface area contributed by atoms with Crippen molar-refractivity contribution in [3.63, 3.8) is 0 Å². The normalized spacial score (nSPS) is 18.3. The molecule has 65 heavy (non-hydrogen) atoms. The van der Waals surface area contributed by atoms with Gasteiger partial charge in [-0.2, -0.15) is 10.2 Å². The number of carbonyl (C=O) groups is 3. The summed E-state index contributed by atoms with van der Waals surface area (Å²) < 4.78 is 14.9. The maximum atomic E-state index is 12.4. The second-order valence-electron chi connectivity index (χ2n) is 21.3. The van der Waals surface area contributed by atoms with Crippen molar-refractivity contribution in [2.24, 2.45) is 10.8 Å². The summed E-state index contributed by atoms with van der Waals surface area (Å²) in [4.78, 5) is 41.6. The van der Waals surface area contributed by atoms with Gasteiger partial charge in [-0.25, -0.2) is 9.59 Å². The lowest BCUT2D eigenvalue weighted by molar-refractivity contribution is 0.0103. The van der Waals surface area contributed by atoms with E-state index in [-0.39, 0.29) is 23.8 Å². The molecule has 0 unspecified atom stereocenters. The van der Waals surface area contributed by atoms with Crippen molar-refractivity contribution in [3.05, 3.63) is 84.2 Å². The lowest BCUT2D eigenvalue weighted by Crippen LogP contribution is -2.46. The molecule has 2 aromatic heterocycles. The van der Waals surface area contributed by atoms with Gasteiger partial charge in [-0.1, -0.05) is 60.7 Å². The third kappa shape index (κ3) is 13.5. The number of aldehydes is 1. The second-order valence-corrected chi connectivity index (χ2v) is 21.3. The molecule has 4 fully saturated rings. The first-order valence-corrected chi connectivity index (χ1v) is 23.9. The SMILES string of the molecule is CC(C)(C)OC(=O)N1CCC2(CCNC2)CC1.CC(C)n1cc(C=O)c(-c2ccccc2)n1.CC(C)n1cc(CN2CCC3(CCN(C(=O)OC(C)(C)C)CC3)C2)c(-c2ccccc2)n1. The molecule has 4 aliphatic heterocycles. The van der Waals surface area contributed by atoms with Gasteiger partial charge < -0.3 is 24.6 Å². The van der Waals surface area contributed by atoms with Crippen LogP contribution in [0.15, 0.2) is 73.1 Å². The molecule has 0 radical (unpaired) electrons. The smallest absolute Gasteiger partial charge is 0.410 e. The first-order valence-electron chi connectivity index (χ1n) is 23.9. The molecule has 4 aliphatic rings. The maximum absolute atomic E-state index is 12.4. The average Bonchev–Trinajstić information content (AvgIpc) is 4.08. The molecule has 1 N–H and O–H groups in total. The molecule has 354 valence electrons. The highest BCUT2D eigenvalue weighted by molar-refractivity contribution is 5.85. The van der Waals surface area contributed by atoms with E-state index < -0.39 is 5.60 Å². The predicted molar refractivity (Wildman–Crippen MR) is 258 cm³/mol. The number of ether oxygens (including phenoxy) is 2. The van der Waals surface area contributed by atoms with Crippen molar-refractivity contribution in [1.82, 2.24) is 39.6 Å². The fraction of sp³-hybridized carbons (Fsp3) is 0.596. The van der Waals surface area contributed by atoms with Gasteiger partial charge in [0, 0.05) is 87.0 Å². The van der Waals surface area contributed by atoms with Crippen molar-refractivity contribution in [1.29, 1.82) is 0 Å². The van der Waals surface area contributed by atoms with Crippen molar-refractivity contribution in [3.8, 4) is 22.5 Å². The van der Waals surface area contributed by atoms with Crippen LogP contribution >= 0.6 is 0 Å². The lowest BCUT2D eigenvalue weighted by atomic mass is 9.78. The molecule has 4 aromatic rings. The highest BCUT2D eigenvalue weighted by Crippen LogP contribution is 2.42. The van der Waals surface area contributed by atoms with Gasteiger partial charge in [-0.05, 0) is 132 Å². The molecule has 2 spiro atoms. The van der Waals surface area contributed by atoms with Crippen LogP contribution in [-0.2, 0) is 16.0 Å². The summed E-state index contributed by atoms with van der Waals surface area (Å²) in [6.45, 7) is 28.6. The summed E-state index contributed by atoms with van der Waals surface area (Å²) in [6.07, 6.45) is 11.3. The number of nitrogens with zero attached hydrogens (tertiary/aromatic N) is 7. The maximum Gasteiger partial charge on any atom is 0.410 e. The van der Waals surface area contributed by atoms with Crippen LogP contribution in [0.25, 0.3) is 22.5 Å². The molecular formula is C52H76N8O5. The minimum Gasteiger partial charge on any atom is -0.444 e. The third-order valence-corrected chi connectivity index (χ3v) is 13.0. The topological polar surface area (TPSA) is 127 Å². The summed E-state index contributed by atoms with van der Waals surface area (Å²) in [5, 5.41) is 12.8. The zero-order chi connectivity index (χ0) is 47.0. The van der Waals surface area contributed by atoms with E-state index in [4.69, 9.17) is 14.6 Å². The Bertz CT molecular complexity index is 2140. The molecule has 13 heteroatoms. The van der Waals surface area contributed by atoms with E-state index >= 15 is 0 Å². The Morgan fingerprint density at radius 1 is 0.662 bits per heavy atom. The number of aromatic nitrogens is 4. The summed E-state index contributed by atoms with van der Waals surface area (Å²) in [6, 6.07) is 20.9. The van der Waals surface area contributed by atoms with E-state index in [2.05, 4.69) is 70.4 Å². The molecule has 6 heterocycles. The molecule has 2 amide bonds. The van der Waals surface area contributed by atoms with Crippen LogP contribution in [-0.4, -0.2) is 116 Å². The average molecular weight is 893 g/mol. The molecule has 4 saturated heterocycles. The van der Waals surface area contributed by atoms with Crippen LogP contribution in [0, 0.1) is 10.8 Å². The number of amides is 2. The van der Waals surface area contributed by atoms with Gasteiger partial charge in [-0.3, -0.25) is 19.1 Å². The number of piperidine rings is 2. The van der Waals surface area contributed by atoms with Crippen LogP contribution in [0.3, 0.4) is 0 Å². The van der Waals surface area contributed by atoms with Crippen molar-refractivity contribution in [2.45, 2.75) is 138 Å². The zero-order valence-electron chi connectivity index (χ0n) is 40.9. The first-order chi connectivity index (χ1) is 30.8. The predicted octanol–water partition coefficient (Wildman–Crippen LogP) is 10.3. The number of benzene rings is 2. The number of nitrogens with one attached hydrogen (secondary N) is 1. The fourth-order valence-corrected chi connectivity index (χ4v) is 9.24. The van der Waals surface area contributed by atoms with Crippen LogP contribution in [0.5, 0.6) is 0 Å². The Morgan fingerprint density at radius 2 is 1.12 bits per heavy atom. The van der Waals surface area contributed by atoms with Gasteiger partial charge in [0.05, 0.1) is 11.3 Å². The number of hydrogen-bond donors (Lipinski definition) is 1. The molecule has 13 nitrogen and oxygen atoms in total. The Kier molecular flexibility index (Phi) is 16.0. The molecule has 0 saturated carbocycles. The number of rotatable bonds is 7. The second kappa shape index (κ2) is 21.1. The molecule has 0 aliphatic carbocycles. The standard InChI is InChI=1S/C26H38N4O2.C13H24N2O2.C13H14N2O/c1-20(2)30-18-22(23(27-30)21-9-7-6-8-10-21)17-28-14-11-26(19-28)12-15-29(16-13-26)24(31)32-25(3,4)5;1-12(2,3)17-11(16)15-8-5-13(6-9-15)4-7-14-10-13;1-10(2)15-8-12(9-16)13(14-15)11-6-4-3-5-7-11/h6-10,18,20H,11-17,19H2,1-5H3;14H,4-10H2,1-3H3;3-10H,1-2H3. The Labute approximate surface area is 388 Å². The summed E-state index contributed by atoms with van der Waals surface area (Å²) in [5.74, 6) is 0. The van der Waals surface area contributed by atoms with Gasteiger partial charge in [0.1, 0.15) is 16.9 Å². The third-order valence-electron chi connectivity index (χ3n) is 13.0. The van der Waals surface area contributed by atoms with Gasteiger partial charge in [-0.15, -0.1) is 0 Å². The lowest BCUT2D eigenvalue weighted by Gasteiger charge is -2.39.